The van der Waals surface area contributed by atoms with Gasteiger partial charge in [-0.2, -0.15) is 0 Å². The summed E-state index contributed by atoms with van der Waals surface area (Å²) in [6, 6.07) is 26.7. The molecule has 1 aliphatic rings. The first kappa shape index (κ1) is 28.4. The molecule has 6 nitrogen and oxygen atoms in total. The number of benzene rings is 3. The van der Waals surface area contributed by atoms with Crippen LogP contribution in [0.2, 0.25) is 0 Å². The van der Waals surface area contributed by atoms with Gasteiger partial charge >= 0.3 is 6.09 Å². The summed E-state index contributed by atoms with van der Waals surface area (Å²) in [6.45, 7) is 3.07. The Morgan fingerprint density at radius 1 is 0.949 bits per heavy atom. The van der Waals surface area contributed by atoms with Crippen LogP contribution >= 0.6 is 0 Å². The molecule has 3 aromatic rings. The van der Waals surface area contributed by atoms with Crippen LogP contribution in [0.1, 0.15) is 74.1 Å². The topological polar surface area (TPSA) is 78.9 Å². The quantitative estimate of drug-likeness (QED) is 0.293. The first-order chi connectivity index (χ1) is 19.1. The summed E-state index contributed by atoms with van der Waals surface area (Å²) >= 11 is 0. The summed E-state index contributed by atoms with van der Waals surface area (Å²) in [6.07, 6.45) is 5.45. The Morgan fingerprint density at radius 3 is 2.28 bits per heavy atom. The fourth-order valence-electron chi connectivity index (χ4n) is 5.37. The molecule has 0 aliphatic heterocycles. The average molecular weight is 529 g/mol. The SMILES string of the molecule is CCCCN(Cc1ccc(C2CCCCC2C(=O)NC(CO)c2ccccc2)cc1)C(=O)Oc1ccccc1. The molecule has 2 N–H and O–H groups in total. The van der Waals surface area contributed by atoms with Crippen LogP contribution < -0.4 is 10.1 Å². The third-order valence-corrected chi connectivity index (χ3v) is 7.57. The number of aliphatic hydroxyl groups excluding tert-OH is 1. The highest BCUT2D eigenvalue weighted by Gasteiger charge is 2.33. The lowest BCUT2D eigenvalue weighted by Gasteiger charge is -2.32. The molecule has 0 saturated heterocycles. The minimum atomic E-state index is -0.409. The Balaban J connectivity index is 1.43. The van der Waals surface area contributed by atoms with Crippen molar-refractivity contribution < 1.29 is 19.4 Å². The van der Waals surface area contributed by atoms with Crippen molar-refractivity contribution in [2.45, 2.75) is 64.0 Å². The summed E-state index contributed by atoms with van der Waals surface area (Å²) < 4.78 is 5.60. The van der Waals surface area contributed by atoms with Crippen LogP contribution in [0.3, 0.4) is 0 Å². The van der Waals surface area contributed by atoms with Gasteiger partial charge in [0.1, 0.15) is 5.75 Å². The van der Waals surface area contributed by atoms with E-state index in [0.717, 1.165) is 55.2 Å². The summed E-state index contributed by atoms with van der Waals surface area (Å²) in [4.78, 5) is 28.0. The highest BCUT2D eigenvalue weighted by atomic mass is 16.6. The molecule has 1 saturated carbocycles. The Morgan fingerprint density at radius 2 is 1.62 bits per heavy atom. The molecule has 3 atom stereocenters. The summed E-state index contributed by atoms with van der Waals surface area (Å²) in [5.74, 6) is 0.532. The zero-order valence-electron chi connectivity index (χ0n) is 22.8. The second-order valence-electron chi connectivity index (χ2n) is 10.3. The number of aliphatic hydroxyl groups is 1. The second kappa shape index (κ2) is 14.5. The number of carbonyl (C=O) groups is 2. The lowest BCUT2D eigenvalue weighted by molar-refractivity contribution is -0.127. The van der Waals surface area contributed by atoms with Crippen LogP contribution in [0.15, 0.2) is 84.9 Å². The van der Waals surface area contributed by atoms with E-state index in [1.54, 1.807) is 17.0 Å². The number of hydrogen-bond acceptors (Lipinski definition) is 4. The minimum Gasteiger partial charge on any atom is -0.410 e. The van der Waals surface area contributed by atoms with Gasteiger partial charge in [-0.3, -0.25) is 4.79 Å². The van der Waals surface area contributed by atoms with E-state index in [9.17, 15) is 14.7 Å². The number of rotatable bonds is 11. The first-order valence-corrected chi connectivity index (χ1v) is 14.2. The van der Waals surface area contributed by atoms with E-state index in [1.807, 2.05) is 48.5 Å². The first-order valence-electron chi connectivity index (χ1n) is 14.2. The number of nitrogens with zero attached hydrogens (tertiary/aromatic N) is 1. The second-order valence-corrected chi connectivity index (χ2v) is 10.3. The number of ether oxygens (including phenoxy) is 1. The van der Waals surface area contributed by atoms with Crippen LogP contribution in [0.5, 0.6) is 5.75 Å². The number of unbranched alkanes of at least 4 members (excludes halogenated alkanes) is 1. The molecule has 4 rings (SSSR count). The maximum Gasteiger partial charge on any atom is 0.415 e. The van der Waals surface area contributed by atoms with Crippen molar-refractivity contribution in [2.75, 3.05) is 13.2 Å². The Kier molecular flexibility index (Phi) is 10.5. The maximum absolute atomic E-state index is 13.4. The van der Waals surface area contributed by atoms with Crippen molar-refractivity contribution in [3.05, 3.63) is 102 Å². The van der Waals surface area contributed by atoms with Gasteiger partial charge in [-0.05, 0) is 54.0 Å². The van der Waals surface area contributed by atoms with E-state index in [-0.39, 0.29) is 30.4 Å². The van der Waals surface area contributed by atoms with Crippen LogP contribution in [0.4, 0.5) is 4.79 Å². The van der Waals surface area contributed by atoms with E-state index in [4.69, 9.17) is 4.74 Å². The smallest absolute Gasteiger partial charge is 0.410 e. The predicted molar refractivity (Wildman–Crippen MR) is 153 cm³/mol. The monoisotopic (exact) mass is 528 g/mol. The Hall–Kier alpha value is -3.64. The van der Waals surface area contributed by atoms with E-state index in [0.29, 0.717) is 18.8 Å². The van der Waals surface area contributed by atoms with E-state index >= 15 is 0 Å². The highest BCUT2D eigenvalue weighted by Crippen LogP contribution is 2.38. The van der Waals surface area contributed by atoms with Crippen molar-refractivity contribution in [1.29, 1.82) is 0 Å². The maximum atomic E-state index is 13.4. The predicted octanol–water partition coefficient (Wildman–Crippen LogP) is 6.61. The van der Waals surface area contributed by atoms with Crippen molar-refractivity contribution in [3.63, 3.8) is 0 Å². The van der Waals surface area contributed by atoms with Crippen molar-refractivity contribution in [3.8, 4) is 5.75 Å². The minimum absolute atomic E-state index is 0.000998. The lowest BCUT2D eigenvalue weighted by Crippen LogP contribution is -2.39. The number of para-hydroxylation sites is 1. The summed E-state index contributed by atoms with van der Waals surface area (Å²) in [5.41, 5.74) is 3.08. The van der Waals surface area contributed by atoms with Gasteiger partial charge in [0, 0.05) is 19.0 Å². The summed E-state index contributed by atoms with van der Waals surface area (Å²) in [5, 5.41) is 13.0. The molecule has 3 aromatic carbocycles. The van der Waals surface area contributed by atoms with Gasteiger partial charge in [-0.15, -0.1) is 0 Å². The van der Waals surface area contributed by atoms with Crippen LogP contribution in [0, 0.1) is 5.92 Å². The van der Waals surface area contributed by atoms with Gasteiger partial charge in [0.15, 0.2) is 0 Å². The van der Waals surface area contributed by atoms with Gasteiger partial charge in [-0.1, -0.05) is 99.0 Å². The number of amides is 2. The normalized spacial score (nSPS) is 17.7. The largest absolute Gasteiger partial charge is 0.415 e. The molecule has 0 aromatic heterocycles. The van der Waals surface area contributed by atoms with Gasteiger partial charge < -0.3 is 20.1 Å². The van der Waals surface area contributed by atoms with Gasteiger partial charge in [0.2, 0.25) is 5.91 Å². The molecule has 6 heteroatoms. The standard InChI is InChI=1S/C33H40N2O4/c1-2-3-22-35(33(38)39-28-14-8-5-9-15-28)23-25-18-20-26(21-19-25)29-16-10-11-17-30(29)32(37)34-31(24-36)27-12-6-4-7-13-27/h4-9,12-15,18-21,29-31,36H,2-3,10-11,16-17,22-24H2,1H3,(H,34,37). The number of nitrogens with one attached hydrogen (secondary N) is 1. The number of hydrogen-bond donors (Lipinski definition) is 2. The average Bonchev–Trinajstić information content (AvgIpc) is 2.99. The molecule has 1 aliphatic carbocycles. The van der Waals surface area contributed by atoms with E-state index < -0.39 is 6.04 Å². The fourth-order valence-corrected chi connectivity index (χ4v) is 5.37. The molecule has 0 radical (unpaired) electrons. The zero-order chi connectivity index (χ0) is 27.5. The van der Waals surface area contributed by atoms with Gasteiger partial charge in [-0.25, -0.2) is 4.79 Å². The van der Waals surface area contributed by atoms with Crippen LogP contribution in [-0.2, 0) is 11.3 Å². The molecule has 39 heavy (non-hydrogen) atoms. The Bertz CT molecular complexity index is 1170. The molecule has 0 heterocycles. The van der Waals surface area contributed by atoms with E-state index in [2.05, 4.69) is 36.5 Å². The fraction of sp³-hybridized carbons (Fsp3) is 0.394. The van der Waals surface area contributed by atoms with Crippen molar-refractivity contribution in [1.82, 2.24) is 10.2 Å². The lowest BCUT2D eigenvalue weighted by atomic mass is 9.74. The molecule has 2 amide bonds. The van der Waals surface area contributed by atoms with Crippen LogP contribution in [0.25, 0.3) is 0 Å². The molecular weight excluding hydrogens is 488 g/mol. The molecule has 3 unspecified atom stereocenters. The van der Waals surface area contributed by atoms with Gasteiger partial charge in [0.05, 0.1) is 12.6 Å². The third kappa shape index (κ3) is 7.93. The Labute approximate surface area is 232 Å². The molecule has 0 spiro atoms. The molecule has 0 bridgehead atoms. The van der Waals surface area contributed by atoms with Gasteiger partial charge in [0.25, 0.3) is 0 Å². The molecular formula is C33H40N2O4. The molecule has 1 fully saturated rings. The number of carbonyl (C=O) groups excluding carboxylic acids is 2. The van der Waals surface area contributed by atoms with Crippen LogP contribution in [-0.4, -0.2) is 35.2 Å². The van der Waals surface area contributed by atoms with Crippen molar-refractivity contribution >= 4 is 12.0 Å². The molecule has 206 valence electrons. The summed E-state index contributed by atoms with van der Waals surface area (Å²) in [7, 11) is 0. The van der Waals surface area contributed by atoms with E-state index in [1.165, 1.54) is 0 Å². The third-order valence-electron chi connectivity index (χ3n) is 7.57. The van der Waals surface area contributed by atoms with Crippen molar-refractivity contribution in [2.24, 2.45) is 5.92 Å². The zero-order valence-corrected chi connectivity index (χ0v) is 22.8. The highest BCUT2D eigenvalue weighted by molar-refractivity contribution is 5.80.